The standard InChI is InChI=1S/C15H21NS2/c1-3-16-13(11-17-4-2)9-12-10-18-15-8-6-5-7-14(12)15/h5-8,10,13,16H,3-4,9,11H2,1-2H3. The number of nitrogens with one attached hydrogen (secondary N) is 1. The number of fused-ring (bicyclic) bond motifs is 1. The molecule has 0 fully saturated rings. The second kappa shape index (κ2) is 7.17. The van der Waals surface area contributed by atoms with Crippen LogP contribution in [0.2, 0.25) is 0 Å². The zero-order valence-corrected chi connectivity index (χ0v) is 12.7. The van der Waals surface area contributed by atoms with Crippen LogP contribution in [-0.4, -0.2) is 24.1 Å². The van der Waals surface area contributed by atoms with Crippen molar-refractivity contribution in [1.82, 2.24) is 5.32 Å². The monoisotopic (exact) mass is 279 g/mol. The molecule has 1 nitrogen and oxygen atoms in total. The first kappa shape index (κ1) is 13.9. The van der Waals surface area contributed by atoms with E-state index in [2.05, 4.69) is 48.8 Å². The molecule has 1 N–H and O–H groups in total. The Kier molecular flexibility index (Phi) is 5.54. The largest absolute Gasteiger partial charge is 0.313 e. The van der Waals surface area contributed by atoms with Gasteiger partial charge in [-0.1, -0.05) is 32.0 Å². The van der Waals surface area contributed by atoms with Gasteiger partial charge in [-0.15, -0.1) is 11.3 Å². The van der Waals surface area contributed by atoms with Crippen molar-refractivity contribution in [3.63, 3.8) is 0 Å². The molecular formula is C15H21NS2. The van der Waals surface area contributed by atoms with Crippen molar-refractivity contribution in [2.45, 2.75) is 26.3 Å². The Hall–Kier alpha value is -0.510. The summed E-state index contributed by atoms with van der Waals surface area (Å²) in [6.07, 6.45) is 1.14. The molecule has 0 radical (unpaired) electrons. The third kappa shape index (κ3) is 3.50. The smallest absolute Gasteiger partial charge is 0.0345 e. The van der Waals surface area contributed by atoms with Gasteiger partial charge in [0.1, 0.15) is 0 Å². The molecule has 1 aromatic carbocycles. The Bertz CT molecular complexity index is 478. The minimum Gasteiger partial charge on any atom is -0.313 e. The zero-order chi connectivity index (χ0) is 12.8. The van der Waals surface area contributed by atoms with Gasteiger partial charge in [0.25, 0.3) is 0 Å². The van der Waals surface area contributed by atoms with Crippen molar-refractivity contribution in [3.8, 4) is 0 Å². The van der Waals surface area contributed by atoms with E-state index in [-0.39, 0.29) is 0 Å². The molecule has 1 unspecified atom stereocenters. The van der Waals surface area contributed by atoms with Crippen LogP contribution in [0.3, 0.4) is 0 Å². The van der Waals surface area contributed by atoms with Crippen LogP contribution in [-0.2, 0) is 6.42 Å². The molecule has 1 aromatic heterocycles. The molecule has 2 aromatic rings. The van der Waals surface area contributed by atoms with Crippen LogP contribution >= 0.6 is 23.1 Å². The average molecular weight is 279 g/mol. The number of likely N-dealkylation sites (N-methyl/N-ethyl adjacent to an activating group) is 1. The third-order valence-electron chi connectivity index (χ3n) is 3.04. The molecule has 1 heterocycles. The lowest BCUT2D eigenvalue weighted by Gasteiger charge is -2.16. The second-order valence-electron chi connectivity index (χ2n) is 4.38. The Balaban J connectivity index is 2.10. The van der Waals surface area contributed by atoms with Gasteiger partial charge >= 0.3 is 0 Å². The van der Waals surface area contributed by atoms with Gasteiger partial charge in [-0.25, -0.2) is 0 Å². The molecule has 0 saturated heterocycles. The summed E-state index contributed by atoms with van der Waals surface area (Å²) in [6, 6.07) is 9.32. The van der Waals surface area contributed by atoms with E-state index in [1.165, 1.54) is 27.2 Å². The molecule has 18 heavy (non-hydrogen) atoms. The van der Waals surface area contributed by atoms with Crippen molar-refractivity contribution < 1.29 is 0 Å². The fourth-order valence-corrected chi connectivity index (χ4v) is 3.93. The van der Waals surface area contributed by atoms with Crippen LogP contribution in [0.1, 0.15) is 19.4 Å². The lowest BCUT2D eigenvalue weighted by Crippen LogP contribution is -2.33. The molecule has 0 aliphatic heterocycles. The summed E-state index contributed by atoms with van der Waals surface area (Å²) in [5.74, 6) is 2.40. The molecular weight excluding hydrogens is 258 g/mol. The van der Waals surface area contributed by atoms with E-state index < -0.39 is 0 Å². The van der Waals surface area contributed by atoms with E-state index in [1.54, 1.807) is 0 Å². The first-order valence-corrected chi connectivity index (χ1v) is 8.64. The van der Waals surface area contributed by atoms with Gasteiger partial charge in [-0.05, 0) is 41.1 Å². The molecule has 0 aliphatic carbocycles. The summed E-state index contributed by atoms with van der Waals surface area (Å²) in [6.45, 7) is 5.47. The Morgan fingerprint density at radius 3 is 2.89 bits per heavy atom. The molecule has 0 spiro atoms. The number of benzene rings is 1. The highest BCUT2D eigenvalue weighted by Crippen LogP contribution is 2.26. The van der Waals surface area contributed by atoms with Crippen molar-refractivity contribution in [3.05, 3.63) is 35.2 Å². The SMILES string of the molecule is CCNC(CSCC)Cc1csc2ccccc12. The summed E-state index contributed by atoms with van der Waals surface area (Å²) >= 11 is 3.89. The lowest BCUT2D eigenvalue weighted by atomic mass is 10.1. The highest BCUT2D eigenvalue weighted by Gasteiger charge is 2.11. The molecule has 0 amide bonds. The van der Waals surface area contributed by atoms with E-state index in [0.717, 1.165) is 13.0 Å². The lowest BCUT2D eigenvalue weighted by molar-refractivity contribution is 0.575. The highest BCUT2D eigenvalue weighted by molar-refractivity contribution is 7.99. The van der Waals surface area contributed by atoms with E-state index in [9.17, 15) is 0 Å². The third-order valence-corrected chi connectivity index (χ3v) is 5.10. The van der Waals surface area contributed by atoms with Gasteiger partial charge < -0.3 is 5.32 Å². The maximum atomic E-state index is 3.60. The predicted molar refractivity (Wildman–Crippen MR) is 86.0 cm³/mol. The summed E-state index contributed by atoms with van der Waals surface area (Å²) < 4.78 is 1.41. The second-order valence-corrected chi connectivity index (χ2v) is 6.61. The van der Waals surface area contributed by atoms with Gasteiger partial charge in [0.05, 0.1) is 0 Å². The Morgan fingerprint density at radius 2 is 2.11 bits per heavy atom. The minimum atomic E-state index is 0.595. The number of hydrogen-bond acceptors (Lipinski definition) is 3. The number of thiophene rings is 1. The van der Waals surface area contributed by atoms with Crippen LogP contribution in [0.25, 0.3) is 10.1 Å². The number of thioether (sulfide) groups is 1. The van der Waals surface area contributed by atoms with Crippen LogP contribution in [0, 0.1) is 0 Å². The topological polar surface area (TPSA) is 12.0 Å². The summed E-state index contributed by atoms with van der Waals surface area (Å²) in [4.78, 5) is 0. The minimum absolute atomic E-state index is 0.595. The quantitative estimate of drug-likeness (QED) is 0.816. The van der Waals surface area contributed by atoms with Crippen LogP contribution < -0.4 is 5.32 Å². The molecule has 3 heteroatoms. The first-order valence-electron chi connectivity index (χ1n) is 6.61. The molecule has 0 aliphatic rings. The van der Waals surface area contributed by atoms with Gasteiger partial charge in [-0.3, -0.25) is 0 Å². The normalized spacial score (nSPS) is 13.0. The van der Waals surface area contributed by atoms with Gasteiger partial charge in [-0.2, -0.15) is 11.8 Å². The fourth-order valence-electron chi connectivity index (χ4n) is 2.20. The molecule has 2 rings (SSSR count). The Labute approximate surface area is 118 Å². The molecule has 0 saturated carbocycles. The van der Waals surface area contributed by atoms with Crippen molar-refractivity contribution in [1.29, 1.82) is 0 Å². The van der Waals surface area contributed by atoms with E-state index in [4.69, 9.17) is 0 Å². The van der Waals surface area contributed by atoms with Crippen molar-refractivity contribution in [2.24, 2.45) is 0 Å². The molecule has 98 valence electrons. The van der Waals surface area contributed by atoms with E-state index >= 15 is 0 Å². The van der Waals surface area contributed by atoms with Crippen LogP contribution in [0.4, 0.5) is 0 Å². The average Bonchev–Trinajstić information content (AvgIpc) is 2.80. The van der Waals surface area contributed by atoms with Crippen molar-refractivity contribution in [2.75, 3.05) is 18.1 Å². The van der Waals surface area contributed by atoms with Crippen LogP contribution in [0.15, 0.2) is 29.6 Å². The molecule has 1 atom stereocenters. The van der Waals surface area contributed by atoms with Gasteiger partial charge in [0, 0.05) is 16.5 Å². The first-order chi connectivity index (χ1) is 8.85. The van der Waals surface area contributed by atoms with E-state index in [0.29, 0.717) is 6.04 Å². The van der Waals surface area contributed by atoms with Gasteiger partial charge in [0.2, 0.25) is 0 Å². The maximum Gasteiger partial charge on any atom is 0.0345 e. The maximum absolute atomic E-state index is 3.60. The van der Waals surface area contributed by atoms with Crippen molar-refractivity contribution >= 4 is 33.2 Å². The van der Waals surface area contributed by atoms with E-state index in [1.807, 2.05) is 23.1 Å². The zero-order valence-electron chi connectivity index (χ0n) is 11.1. The Morgan fingerprint density at radius 1 is 1.28 bits per heavy atom. The molecule has 0 bridgehead atoms. The highest BCUT2D eigenvalue weighted by atomic mass is 32.2. The summed E-state index contributed by atoms with van der Waals surface area (Å²) in [5.41, 5.74) is 1.50. The fraction of sp³-hybridized carbons (Fsp3) is 0.467. The number of hydrogen-bond donors (Lipinski definition) is 1. The number of rotatable bonds is 7. The summed E-state index contributed by atoms with van der Waals surface area (Å²) in [7, 11) is 0. The van der Waals surface area contributed by atoms with Crippen LogP contribution in [0.5, 0.6) is 0 Å². The summed E-state index contributed by atoms with van der Waals surface area (Å²) in [5, 5.41) is 7.37. The van der Waals surface area contributed by atoms with Gasteiger partial charge in [0.15, 0.2) is 0 Å². The predicted octanol–water partition coefficient (Wildman–Crippen LogP) is 4.18.